The minimum atomic E-state index is -1.29. The first-order chi connectivity index (χ1) is 17.1. The van der Waals surface area contributed by atoms with Crippen LogP contribution in [-0.2, 0) is 18.4 Å². The van der Waals surface area contributed by atoms with Gasteiger partial charge in [-0.2, -0.15) is 0 Å². The summed E-state index contributed by atoms with van der Waals surface area (Å²) in [4.78, 5) is 18.0. The topological polar surface area (TPSA) is 57.0 Å². The van der Waals surface area contributed by atoms with Crippen LogP contribution >= 0.6 is 86.6 Å². The number of alkyl halides is 1. The maximum absolute atomic E-state index is 13.8. The predicted octanol–water partition coefficient (Wildman–Crippen LogP) is 8.82. The van der Waals surface area contributed by atoms with Gasteiger partial charge in [0.05, 0.1) is 23.5 Å². The van der Waals surface area contributed by atoms with Crippen molar-refractivity contribution in [1.29, 1.82) is 0 Å². The highest BCUT2D eigenvalue weighted by atomic mass is 79.9. The van der Waals surface area contributed by atoms with Gasteiger partial charge in [-0.3, -0.25) is 9.48 Å². The van der Waals surface area contributed by atoms with Gasteiger partial charge in [0.2, 0.25) is 11.6 Å². The number of nitrogens with zero attached hydrogens (tertiary/aromatic N) is 3. The second kappa shape index (κ2) is 12.8. The van der Waals surface area contributed by atoms with E-state index in [2.05, 4.69) is 10.1 Å². The molecule has 0 bridgehead atoms. The highest BCUT2D eigenvalue weighted by molar-refractivity contribution is 8.93. The minimum absolute atomic E-state index is 0. The largest absolute Gasteiger partial charge is 0.369 e. The Bertz CT molecular complexity index is 1340. The average Bonchev–Trinajstić information content (AvgIpc) is 3.25. The van der Waals surface area contributed by atoms with Crippen LogP contribution < -0.4 is 0 Å². The number of aryl methyl sites for hydroxylation is 1. The normalized spacial score (nSPS) is 19.8. The fraction of sp³-hybridized carbons (Fsp3) is 0.240. The number of ketones is 1. The number of benzene rings is 2. The molecule has 0 spiro atoms. The predicted molar refractivity (Wildman–Crippen MR) is 156 cm³/mol. The summed E-state index contributed by atoms with van der Waals surface area (Å²) in [5.74, 6) is -0.358. The van der Waals surface area contributed by atoms with Gasteiger partial charge in [-0.05, 0) is 48.4 Å². The second-order valence-electron chi connectivity index (χ2n) is 8.27. The Kier molecular flexibility index (Phi) is 10.6. The molecule has 3 atom stereocenters. The minimum Gasteiger partial charge on any atom is -0.369 e. The first-order valence-electron chi connectivity index (χ1n) is 10.7. The zero-order valence-electron chi connectivity index (χ0n) is 19.2. The molecule has 1 aromatic heterocycles. The highest BCUT2D eigenvalue weighted by Crippen LogP contribution is 2.46. The molecule has 3 unspecified atom stereocenters. The van der Waals surface area contributed by atoms with E-state index in [-0.39, 0.29) is 41.6 Å². The molecule has 5 nitrogen and oxygen atoms in total. The molecular formula is C25H20BrCl6N3O2. The third-order valence-electron chi connectivity index (χ3n) is 5.89. The van der Waals surface area contributed by atoms with Gasteiger partial charge in [-0.1, -0.05) is 76.2 Å². The fourth-order valence-corrected chi connectivity index (χ4v) is 5.66. The summed E-state index contributed by atoms with van der Waals surface area (Å²) in [5, 5.41) is 5.54. The molecule has 0 N–H and O–H groups in total. The molecular weight excluding hydrogens is 667 g/mol. The van der Waals surface area contributed by atoms with E-state index in [1.807, 2.05) is 0 Å². The molecule has 2 aromatic carbocycles. The van der Waals surface area contributed by atoms with Gasteiger partial charge in [-0.25, -0.2) is 4.98 Å². The summed E-state index contributed by atoms with van der Waals surface area (Å²) in [6, 6.07) is 10.2. The Balaban J connectivity index is 0.00000380. The number of Topliss-reactive ketones (excluding diaryl/α,β-unsaturated/α-hetero) is 1. The van der Waals surface area contributed by atoms with E-state index in [4.69, 9.17) is 74.3 Å². The van der Waals surface area contributed by atoms with Crippen LogP contribution in [0.25, 0.3) is 0 Å². The molecule has 0 aliphatic heterocycles. The summed E-state index contributed by atoms with van der Waals surface area (Å²) in [6.07, 6.45) is 5.74. The number of carbonyl (C=O) groups excluding carboxylic acids is 1. The van der Waals surface area contributed by atoms with Gasteiger partial charge in [-0.15, -0.1) is 33.7 Å². The third kappa shape index (κ3) is 6.74. The van der Waals surface area contributed by atoms with Crippen LogP contribution in [0, 0.1) is 5.41 Å². The SMILES string of the molecule is Br.Cn1cnc(C(=O)C2(CC(OCc3c(Cl)cccc3Cl)c3ccc(Cl)cc3Cl)C=CC(Cl)=CC2Cl)n1. The first kappa shape index (κ1) is 30.5. The number of aromatic nitrogens is 3. The molecule has 1 aliphatic carbocycles. The van der Waals surface area contributed by atoms with Crippen molar-refractivity contribution >= 4 is 92.4 Å². The van der Waals surface area contributed by atoms with Gasteiger partial charge in [0.15, 0.2) is 0 Å². The zero-order chi connectivity index (χ0) is 26.0. The Morgan fingerprint density at radius 1 is 1.11 bits per heavy atom. The smallest absolute Gasteiger partial charge is 0.218 e. The van der Waals surface area contributed by atoms with Crippen LogP contribution in [0.5, 0.6) is 0 Å². The average molecular weight is 687 g/mol. The van der Waals surface area contributed by atoms with E-state index in [9.17, 15) is 4.79 Å². The van der Waals surface area contributed by atoms with Crippen molar-refractivity contribution < 1.29 is 9.53 Å². The van der Waals surface area contributed by atoms with Crippen molar-refractivity contribution in [2.24, 2.45) is 12.5 Å². The van der Waals surface area contributed by atoms with E-state index in [0.29, 0.717) is 36.2 Å². The van der Waals surface area contributed by atoms with Crippen LogP contribution in [0.1, 0.15) is 34.3 Å². The molecule has 0 fully saturated rings. The Morgan fingerprint density at radius 3 is 2.41 bits per heavy atom. The van der Waals surface area contributed by atoms with Crippen molar-refractivity contribution in [2.75, 3.05) is 0 Å². The van der Waals surface area contributed by atoms with Crippen LogP contribution in [0.3, 0.4) is 0 Å². The lowest BCUT2D eigenvalue weighted by Crippen LogP contribution is -2.41. The molecule has 0 radical (unpaired) electrons. The first-order valence-corrected chi connectivity index (χ1v) is 13.0. The maximum Gasteiger partial charge on any atom is 0.218 e. The van der Waals surface area contributed by atoms with Gasteiger partial charge in [0, 0.05) is 37.7 Å². The van der Waals surface area contributed by atoms with Crippen molar-refractivity contribution in [3.8, 4) is 0 Å². The van der Waals surface area contributed by atoms with Crippen LogP contribution in [0.15, 0.2) is 66.0 Å². The molecule has 12 heteroatoms. The quantitative estimate of drug-likeness (QED) is 0.176. The number of hydrogen-bond donors (Lipinski definition) is 0. The Morgan fingerprint density at radius 2 is 1.81 bits per heavy atom. The van der Waals surface area contributed by atoms with Crippen molar-refractivity contribution in [3.63, 3.8) is 0 Å². The number of carbonyl (C=O) groups is 1. The van der Waals surface area contributed by atoms with Crippen LogP contribution in [0.2, 0.25) is 20.1 Å². The molecule has 37 heavy (non-hydrogen) atoms. The number of rotatable bonds is 8. The fourth-order valence-electron chi connectivity index (χ4n) is 3.97. The van der Waals surface area contributed by atoms with E-state index >= 15 is 0 Å². The van der Waals surface area contributed by atoms with E-state index in [1.54, 1.807) is 61.7 Å². The lowest BCUT2D eigenvalue weighted by molar-refractivity contribution is 0.0134. The molecule has 3 aromatic rings. The van der Waals surface area contributed by atoms with E-state index in [1.165, 1.54) is 11.0 Å². The van der Waals surface area contributed by atoms with Crippen LogP contribution in [-0.4, -0.2) is 25.9 Å². The van der Waals surface area contributed by atoms with Crippen molar-refractivity contribution in [2.45, 2.75) is 24.5 Å². The molecule has 1 aliphatic rings. The van der Waals surface area contributed by atoms with Crippen molar-refractivity contribution in [3.05, 3.63) is 103 Å². The van der Waals surface area contributed by atoms with E-state index < -0.39 is 16.9 Å². The highest BCUT2D eigenvalue weighted by Gasteiger charge is 2.47. The molecule has 4 rings (SSSR count). The summed E-state index contributed by atoms with van der Waals surface area (Å²) in [5.41, 5.74) is -0.0743. The molecule has 0 saturated heterocycles. The molecule has 0 amide bonds. The monoisotopic (exact) mass is 683 g/mol. The van der Waals surface area contributed by atoms with Gasteiger partial charge in [0.25, 0.3) is 0 Å². The Hall–Kier alpha value is -1.09. The maximum atomic E-state index is 13.8. The molecule has 196 valence electrons. The molecule has 0 saturated carbocycles. The summed E-state index contributed by atoms with van der Waals surface area (Å²) in [6.45, 7) is 0.0570. The summed E-state index contributed by atoms with van der Waals surface area (Å²) in [7, 11) is 1.68. The van der Waals surface area contributed by atoms with E-state index in [0.717, 1.165) is 0 Å². The summed E-state index contributed by atoms with van der Waals surface area (Å²) < 4.78 is 7.80. The number of allylic oxidation sites excluding steroid dienone is 4. The van der Waals surface area contributed by atoms with Gasteiger partial charge in [0.1, 0.15) is 6.33 Å². The number of hydrogen-bond acceptors (Lipinski definition) is 4. The van der Waals surface area contributed by atoms with Gasteiger partial charge >= 0.3 is 0 Å². The van der Waals surface area contributed by atoms with Gasteiger partial charge < -0.3 is 4.74 Å². The molecule has 1 heterocycles. The lowest BCUT2D eigenvalue weighted by Gasteiger charge is -2.37. The number of halogens is 7. The van der Waals surface area contributed by atoms with Crippen molar-refractivity contribution in [1.82, 2.24) is 14.8 Å². The standard InChI is InChI=1S/C25H19Cl6N3O2.BrH/c1-34-13-32-24(33-34)23(35)25(8-7-15(27)10-22(25)31)11-21(16-6-5-14(26)9-20(16)30)36-12-17-18(28)3-2-4-19(17)29;/h2-10,13,21-22H,11-12H2,1H3;1H. The Labute approximate surface area is 255 Å². The third-order valence-corrected chi connectivity index (χ3v) is 7.92. The second-order valence-corrected chi connectivity index (χ2v) is 10.8. The lowest BCUT2D eigenvalue weighted by atomic mass is 9.72. The van der Waals surface area contributed by atoms with Crippen LogP contribution in [0.4, 0.5) is 0 Å². The summed E-state index contributed by atoms with van der Waals surface area (Å²) >= 11 is 38.5. The number of ether oxygens (including phenoxy) is 1. The zero-order valence-corrected chi connectivity index (χ0v) is 25.4.